The molecule has 0 aliphatic heterocycles. The van der Waals surface area contributed by atoms with Gasteiger partial charge in [-0.1, -0.05) is 18.2 Å². The molecule has 0 bridgehead atoms. The Bertz CT molecular complexity index is 584. The molecule has 78 valence electrons. The maximum Gasteiger partial charge on any atom is 0.320 e. The number of benzene rings is 1. The van der Waals surface area contributed by atoms with E-state index in [1.807, 2.05) is 24.3 Å². The van der Waals surface area contributed by atoms with Gasteiger partial charge in [-0.05, 0) is 11.6 Å². The van der Waals surface area contributed by atoms with Gasteiger partial charge < -0.3 is 15.8 Å². The van der Waals surface area contributed by atoms with Crippen molar-refractivity contribution in [2.45, 2.75) is 12.4 Å². The van der Waals surface area contributed by atoms with Gasteiger partial charge in [-0.3, -0.25) is 4.79 Å². The number of carbonyl (C=O) groups is 1. The molecule has 0 saturated carbocycles. The number of carboxylic acid groups (broad SMARTS) is 1. The first-order valence-electron chi connectivity index (χ1n) is 5.91. The lowest BCUT2D eigenvalue weighted by Crippen LogP contribution is -2.32. The van der Waals surface area contributed by atoms with Crippen LogP contribution in [0.1, 0.15) is 6.93 Å². The Kier molecular flexibility index (Phi) is 1.66. The second kappa shape index (κ2) is 3.74. The molecule has 1 atom stereocenters. The van der Waals surface area contributed by atoms with E-state index in [1.54, 1.807) is 6.20 Å². The first-order chi connectivity index (χ1) is 8.45. The van der Waals surface area contributed by atoms with Crippen LogP contribution < -0.4 is 5.72 Å². The Hall–Kier alpha value is -1.81. The first kappa shape index (κ1) is 6.63. The summed E-state index contributed by atoms with van der Waals surface area (Å²) in [4.78, 5) is 14.0. The average Bonchev–Trinajstić information content (AvgIpc) is 2.72. The maximum absolute atomic E-state index is 11.0. The minimum absolute atomic E-state index is 0.0862. The Labute approximate surface area is 91.0 Å². The van der Waals surface area contributed by atoms with E-state index in [9.17, 15) is 4.79 Å². The minimum atomic E-state index is -2.31. The van der Waals surface area contributed by atoms with E-state index in [2.05, 4.69) is 4.98 Å². The molecule has 0 aliphatic rings. The van der Waals surface area contributed by atoms with Crippen molar-refractivity contribution in [3.8, 4) is 0 Å². The summed E-state index contributed by atoms with van der Waals surface area (Å²) in [6, 6.07) is 4.98. The quantitative estimate of drug-likeness (QED) is 0.703. The summed E-state index contributed by atoms with van der Waals surface area (Å²) in [5.41, 5.74) is 1.35. The summed E-state index contributed by atoms with van der Waals surface area (Å²) < 4.78 is 21.9. The Morgan fingerprint density at radius 1 is 1.67 bits per heavy atom. The van der Waals surface area contributed by atoms with Crippen LogP contribution >= 0.6 is 0 Å². The van der Waals surface area contributed by atoms with Crippen LogP contribution in [0, 0.1) is 0 Å². The van der Waals surface area contributed by atoms with Gasteiger partial charge in [0.1, 0.15) is 8.84 Å². The Morgan fingerprint density at radius 3 is 3.20 bits per heavy atom. The molecule has 0 saturated heterocycles. The van der Waals surface area contributed by atoms with Crippen LogP contribution in [0.4, 0.5) is 0 Å². The third kappa shape index (κ3) is 1.85. The van der Waals surface area contributed by atoms with Gasteiger partial charge in [-0.2, -0.15) is 0 Å². The lowest BCUT2D eigenvalue weighted by Gasteiger charge is -2.04. The number of rotatable bonds is 4. The van der Waals surface area contributed by atoms with E-state index in [4.69, 9.17) is 9.30 Å². The van der Waals surface area contributed by atoms with Crippen LogP contribution in [0.15, 0.2) is 30.5 Å². The molecule has 0 fully saturated rings. The van der Waals surface area contributed by atoms with Crippen LogP contribution in [0.3, 0.4) is 0 Å². The lowest BCUT2D eigenvalue weighted by atomic mass is 10.1. The molecule has 0 radical (unpaired) electrons. The summed E-state index contributed by atoms with van der Waals surface area (Å²) in [5, 5.41) is 9.80. The van der Waals surface area contributed by atoms with Crippen LogP contribution in [0.2, 0.25) is 2.82 Å². The molecule has 1 unspecified atom stereocenters. The van der Waals surface area contributed by atoms with Gasteiger partial charge in [-0.15, -0.1) is 0 Å². The van der Waals surface area contributed by atoms with Crippen molar-refractivity contribution in [3.05, 3.63) is 36.0 Å². The molecule has 2 rings (SSSR count). The standard InChI is InChI=1S/C11H12N2O2/c12-9(11(14)15)5-7-6-13-10-4-2-1-3-8(7)10/h1-4,6,9,13H,5,12H2,(H,14,15)/i9D/hD2. The number of aliphatic carboxylic acids is 1. The highest BCUT2D eigenvalue weighted by Gasteiger charge is 2.14. The van der Waals surface area contributed by atoms with Crippen molar-refractivity contribution in [1.29, 1.82) is 0 Å². The predicted molar refractivity (Wildman–Crippen MR) is 57.6 cm³/mol. The summed E-state index contributed by atoms with van der Waals surface area (Å²) >= 11 is 0. The summed E-state index contributed by atoms with van der Waals surface area (Å²) in [6.07, 6.45) is 1.37. The monoisotopic (exact) mass is 207 g/mol. The SMILES string of the molecule is [2H]N([2H])C([2H])(Cc1c[nH]c2ccccc12)C(=O)O. The van der Waals surface area contributed by atoms with Gasteiger partial charge in [0.05, 0.1) is 1.37 Å². The number of nitrogens with two attached hydrogens (primary N) is 1. The zero-order valence-electron chi connectivity index (χ0n) is 10.9. The number of fused-ring (bicyclic) bond motifs is 1. The number of hydrogen-bond donors (Lipinski definition) is 3. The fourth-order valence-electron chi connectivity index (χ4n) is 1.53. The average molecular weight is 207 g/mol. The van der Waals surface area contributed by atoms with E-state index in [0.29, 0.717) is 5.56 Å². The highest BCUT2D eigenvalue weighted by molar-refractivity contribution is 5.84. The number of carboxylic acids is 1. The van der Waals surface area contributed by atoms with E-state index < -0.39 is 12.0 Å². The van der Waals surface area contributed by atoms with E-state index in [1.165, 1.54) is 0 Å². The Balaban J connectivity index is 2.41. The van der Waals surface area contributed by atoms with Crippen LogP contribution in [0.5, 0.6) is 0 Å². The van der Waals surface area contributed by atoms with Crippen molar-refractivity contribution in [2.75, 3.05) is 0 Å². The van der Waals surface area contributed by atoms with Gasteiger partial charge in [-0.25, -0.2) is 0 Å². The number of aromatic nitrogens is 1. The van der Waals surface area contributed by atoms with Gasteiger partial charge in [0.15, 0.2) is 0 Å². The summed E-state index contributed by atoms with van der Waals surface area (Å²) in [5.74, 6) is -1.52. The highest BCUT2D eigenvalue weighted by Crippen LogP contribution is 2.18. The molecule has 4 nitrogen and oxygen atoms in total. The third-order valence-corrected chi connectivity index (χ3v) is 2.28. The number of aromatic amines is 1. The van der Waals surface area contributed by atoms with Crippen LogP contribution in [-0.4, -0.2) is 22.1 Å². The van der Waals surface area contributed by atoms with E-state index in [-0.39, 0.29) is 12.1 Å². The minimum Gasteiger partial charge on any atom is -0.480 e. The smallest absolute Gasteiger partial charge is 0.320 e. The number of H-pyrrole nitrogens is 1. The molecule has 0 aliphatic carbocycles. The number of nitrogens with one attached hydrogen (secondary N) is 1. The largest absolute Gasteiger partial charge is 0.480 e. The normalized spacial score (nSPS) is 18.1. The van der Waals surface area contributed by atoms with Gasteiger partial charge in [0.25, 0.3) is 0 Å². The molecule has 4 heteroatoms. The molecular formula is C11H12N2O2. The molecule has 0 spiro atoms. The van der Waals surface area contributed by atoms with E-state index in [0.717, 1.165) is 10.9 Å². The molecule has 0 amide bonds. The molecule has 2 aromatic rings. The van der Waals surface area contributed by atoms with Crippen molar-refractivity contribution in [3.63, 3.8) is 0 Å². The summed E-state index contributed by atoms with van der Waals surface area (Å²) in [6.45, 7) is 0. The molecule has 1 heterocycles. The fourth-order valence-corrected chi connectivity index (χ4v) is 1.53. The molecule has 4 N–H and O–H groups in total. The van der Waals surface area contributed by atoms with Crippen LogP contribution in [0.25, 0.3) is 10.9 Å². The zero-order chi connectivity index (χ0) is 13.3. The van der Waals surface area contributed by atoms with E-state index >= 15 is 0 Å². The second-order valence-electron chi connectivity index (χ2n) is 3.29. The third-order valence-electron chi connectivity index (χ3n) is 2.28. The highest BCUT2D eigenvalue weighted by atomic mass is 16.4. The van der Waals surface area contributed by atoms with Crippen molar-refractivity contribution in [2.24, 2.45) is 5.72 Å². The first-order valence-corrected chi connectivity index (χ1v) is 4.51. The van der Waals surface area contributed by atoms with Gasteiger partial charge >= 0.3 is 5.97 Å². The van der Waals surface area contributed by atoms with Gasteiger partial charge in [0.2, 0.25) is 0 Å². The van der Waals surface area contributed by atoms with Crippen molar-refractivity contribution >= 4 is 16.9 Å². The molecule has 1 aromatic heterocycles. The number of para-hydroxylation sites is 1. The second-order valence-corrected chi connectivity index (χ2v) is 3.29. The van der Waals surface area contributed by atoms with Crippen molar-refractivity contribution in [1.82, 2.24) is 4.98 Å². The fraction of sp³-hybridized carbons (Fsp3) is 0.182. The molecule has 1 aromatic carbocycles. The lowest BCUT2D eigenvalue weighted by molar-refractivity contribution is -0.138. The zero-order valence-corrected chi connectivity index (χ0v) is 7.90. The van der Waals surface area contributed by atoms with Crippen molar-refractivity contribution < 1.29 is 14.1 Å². The molecular weight excluding hydrogens is 192 g/mol. The Morgan fingerprint density at radius 2 is 2.47 bits per heavy atom. The molecule has 15 heavy (non-hydrogen) atoms. The van der Waals surface area contributed by atoms with Gasteiger partial charge in [0, 0.05) is 23.5 Å². The number of hydrogen-bond acceptors (Lipinski definition) is 2. The maximum atomic E-state index is 11.0. The van der Waals surface area contributed by atoms with Crippen LogP contribution in [-0.2, 0) is 11.2 Å². The predicted octanol–water partition coefficient (Wildman–Crippen LogP) is 1.12. The topological polar surface area (TPSA) is 79.1 Å². The summed E-state index contributed by atoms with van der Waals surface area (Å²) in [7, 11) is 0.